The molecule has 0 atom stereocenters. The molecule has 0 aliphatic heterocycles. The molecule has 0 aromatic carbocycles. The van der Waals surface area contributed by atoms with Gasteiger partial charge < -0.3 is 9.25 Å². The summed E-state index contributed by atoms with van der Waals surface area (Å²) < 4.78 is 4.88. The molecule has 0 radical (unpaired) electrons. The van der Waals surface area contributed by atoms with Crippen LogP contribution >= 0.6 is 0 Å². The van der Waals surface area contributed by atoms with Crippen molar-refractivity contribution in [3.63, 3.8) is 0 Å². The summed E-state index contributed by atoms with van der Waals surface area (Å²) in [5.74, 6) is 0. The average molecular weight is 237 g/mol. The van der Waals surface area contributed by atoms with Crippen LogP contribution in [0.25, 0.3) is 11.1 Å². The van der Waals surface area contributed by atoms with E-state index in [2.05, 4.69) is 15.4 Å². The molecular weight excluding hydrogens is 226 g/mol. The van der Waals surface area contributed by atoms with Crippen LogP contribution in [0.4, 0.5) is 0 Å². The van der Waals surface area contributed by atoms with Crippen molar-refractivity contribution in [2.75, 3.05) is 7.05 Å². The van der Waals surface area contributed by atoms with Crippen LogP contribution in [0.5, 0.6) is 6.01 Å². The van der Waals surface area contributed by atoms with Gasteiger partial charge in [0.1, 0.15) is 5.39 Å². The van der Waals surface area contributed by atoms with Crippen molar-refractivity contribution in [2.24, 2.45) is 0 Å². The molecule has 0 bridgehead atoms. The number of fused-ring (bicyclic) bond motifs is 1. The number of hydrogen-bond donors (Lipinski definition) is 2. The van der Waals surface area contributed by atoms with Gasteiger partial charge in [-0.25, -0.2) is 4.79 Å². The highest BCUT2D eigenvalue weighted by atomic mass is 16.7. The number of rotatable bonds is 3. The lowest BCUT2D eigenvalue weighted by Gasteiger charge is -2.04. The topological polar surface area (TPSA) is 97.2 Å². The summed E-state index contributed by atoms with van der Waals surface area (Å²) in [6.07, 6.45) is 0.541. The van der Waals surface area contributed by atoms with Crippen molar-refractivity contribution in [2.45, 2.75) is 13.3 Å². The van der Waals surface area contributed by atoms with Crippen molar-refractivity contribution in [3.05, 3.63) is 32.4 Å². The molecule has 2 N–H and O–H groups in total. The smallest absolute Gasteiger partial charge is 0.337 e. The maximum atomic E-state index is 11.8. The Morgan fingerprint density at radius 1 is 1.53 bits per heavy atom. The number of aromatic nitrogens is 2. The van der Waals surface area contributed by atoms with Crippen LogP contribution in [0.15, 0.2) is 20.1 Å². The molecule has 2 aromatic rings. The van der Waals surface area contributed by atoms with Gasteiger partial charge in [-0.2, -0.15) is 10.5 Å². The van der Waals surface area contributed by atoms with Gasteiger partial charge in [-0.15, -0.1) is 0 Å². The summed E-state index contributed by atoms with van der Waals surface area (Å²) in [7, 11) is 1.52. The summed E-state index contributed by atoms with van der Waals surface area (Å²) in [5.41, 5.74) is 2.00. The summed E-state index contributed by atoms with van der Waals surface area (Å²) >= 11 is 0. The Morgan fingerprint density at radius 3 is 2.94 bits per heavy atom. The minimum absolute atomic E-state index is 0.0247. The molecule has 2 aromatic heterocycles. The molecule has 0 saturated carbocycles. The number of nitrogens with zero attached hydrogens (tertiary/aromatic N) is 1. The maximum Gasteiger partial charge on any atom is 0.337 e. The summed E-state index contributed by atoms with van der Waals surface area (Å²) in [5, 5.41) is 0.274. The minimum Gasteiger partial charge on any atom is -0.403 e. The molecule has 2 rings (SSSR count). The van der Waals surface area contributed by atoms with Gasteiger partial charge in [0, 0.05) is 13.1 Å². The molecular formula is C10H11N3O4. The van der Waals surface area contributed by atoms with E-state index < -0.39 is 11.2 Å². The normalized spacial score (nSPS) is 10.7. The lowest BCUT2D eigenvalue weighted by Crippen LogP contribution is -2.19. The molecule has 0 aliphatic carbocycles. The highest BCUT2D eigenvalue weighted by Crippen LogP contribution is 2.12. The van der Waals surface area contributed by atoms with Gasteiger partial charge >= 0.3 is 11.6 Å². The molecule has 0 amide bonds. The Kier molecular flexibility index (Phi) is 2.92. The first-order valence-corrected chi connectivity index (χ1v) is 5.06. The SMILES string of the molecule is CCc1cc(=O)oc2nc(ONC)[nH]c(=O)c12. The summed E-state index contributed by atoms with van der Waals surface area (Å²) in [4.78, 5) is 34.2. The van der Waals surface area contributed by atoms with Gasteiger partial charge in [-0.05, 0) is 12.0 Å². The first-order chi connectivity index (χ1) is 8.15. The number of aromatic amines is 1. The zero-order chi connectivity index (χ0) is 12.4. The Hall–Kier alpha value is -2.15. The zero-order valence-electron chi connectivity index (χ0n) is 9.36. The van der Waals surface area contributed by atoms with Gasteiger partial charge in [-0.1, -0.05) is 6.92 Å². The molecule has 0 saturated heterocycles. The lowest BCUT2D eigenvalue weighted by atomic mass is 10.1. The van der Waals surface area contributed by atoms with Crippen LogP contribution in [-0.4, -0.2) is 17.0 Å². The van der Waals surface area contributed by atoms with E-state index in [9.17, 15) is 9.59 Å². The molecule has 90 valence electrons. The molecule has 7 heteroatoms. The number of aryl methyl sites for hydroxylation is 1. The fraction of sp³-hybridized carbons (Fsp3) is 0.300. The Balaban J connectivity index is 2.81. The Bertz CT molecular complexity index is 659. The van der Waals surface area contributed by atoms with E-state index in [4.69, 9.17) is 9.25 Å². The third-order valence-electron chi connectivity index (χ3n) is 2.25. The number of H-pyrrole nitrogens is 1. The highest BCUT2D eigenvalue weighted by Gasteiger charge is 2.11. The Morgan fingerprint density at radius 2 is 2.29 bits per heavy atom. The molecule has 0 aliphatic rings. The van der Waals surface area contributed by atoms with Crippen LogP contribution < -0.4 is 21.5 Å². The van der Waals surface area contributed by atoms with Gasteiger partial charge in [0.15, 0.2) is 0 Å². The van der Waals surface area contributed by atoms with Gasteiger partial charge in [0.2, 0.25) is 5.71 Å². The molecule has 0 fully saturated rings. The average Bonchev–Trinajstić information content (AvgIpc) is 2.27. The van der Waals surface area contributed by atoms with Crippen molar-refractivity contribution in [1.29, 1.82) is 0 Å². The number of nitrogens with one attached hydrogen (secondary N) is 2. The largest absolute Gasteiger partial charge is 0.403 e. The maximum absolute atomic E-state index is 11.8. The summed E-state index contributed by atoms with van der Waals surface area (Å²) in [6.45, 7) is 1.84. The van der Waals surface area contributed by atoms with Crippen LogP contribution in [0.1, 0.15) is 12.5 Å². The first kappa shape index (κ1) is 11.3. The third-order valence-corrected chi connectivity index (χ3v) is 2.25. The fourth-order valence-electron chi connectivity index (χ4n) is 1.55. The van der Waals surface area contributed by atoms with E-state index in [1.807, 2.05) is 6.92 Å². The van der Waals surface area contributed by atoms with Crippen LogP contribution in [0.2, 0.25) is 0 Å². The van der Waals surface area contributed by atoms with E-state index in [1.165, 1.54) is 13.1 Å². The Labute approximate surface area is 95.4 Å². The second kappa shape index (κ2) is 4.38. The lowest BCUT2D eigenvalue weighted by molar-refractivity contribution is 0.203. The standard InChI is InChI=1S/C10H11N3O4/c1-3-5-4-6(14)16-9-7(5)8(15)12-10(13-9)17-11-2/h4,11H,3H2,1-2H3,(H,12,13,15). The van der Waals surface area contributed by atoms with E-state index in [0.717, 1.165) is 0 Å². The van der Waals surface area contributed by atoms with Crippen LogP contribution in [0.3, 0.4) is 0 Å². The van der Waals surface area contributed by atoms with E-state index in [0.29, 0.717) is 12.0 Å². The van der Waals surface area contributed by atoms with E-state index >= 15 is 0 Å². The second-order valence-electron chi connectivity index (χ2n) is 3.30. The third kappa shape index (κ3) is 2.04. The van der Waals surface area contributed by atoms with Crippen molar-refractivity contribution in [1.82, 2.24) is 15.4 Å². The predicted octanol–water partition coefficient (Wildman–Crippen LogP) is -0.0481. The molecule has 2 heterocycles. The number of hydrogen-bond acceptors (Lipinski definition) is 6. The van der Waals surface area contributed by atoms with Crippen molar-refractivity contribution >= 4 is 11.1 Å². The monoisotopic (exact) mass is 237 g/mol. The fourth-order valence-corrected chi connectivity index (χ4v) is 1.55. The molecule has 0 spiro atoms. The van der Waals surface area contributed by atoms with E-state index in [-0.39, 0.29) is 17.1 Å². The predicted molar refractivity (Wildman–Crippen MR) is 60.0 cm³/mol. The first-order valence-electron chi connectivity index (χ1n) is 5.06. The molecule has 7 nitrogen and oxygen atoms in total. The van der Waals surface area contributed by atoms with Crippen LogP contribution in [-0.2, 0) is 6.42 Å². The van der Waals surface area contributed by atoms with E-state index in [1.54, 1.807) is 0 Å². The second-order valence-corrected chi connectivity index (χ2v) is 3.30. The van der Waals surface area contributed by atoms with Gasteiger partial charge in [0.05, 0.1) is 0 Å². The quantitative estimate of drug-likeness (QED) is 0.726. The molecule has 0 unspecified atom stereocenters. The zero-order valence-corrected chi connectivity index (χ0v) is 9.36. The van der Waals surface area contributed by atoms with Crippen molar-refractivity contribution < 1.29 is 9.25 Å². The van der Waals surface area contributed by atoms with Crippen molar-refractivity contribution in [3.8, 4) is 6.01 Å². The highest BCUT2D eigenvalue weighted by molar-refractivity contribution is 5.75. The molecule has 17 heavy (non-hydrogen) atoms. The minimum atomic E-state index is -0.539. The van der Waals surface area contributed by atoms with Crippen LogP contribution in [0, 0.1) is 0 Å². The summed E-state index contributed by atoms with van der Waals surface area (Å²) in [6, 6.07) is 1.24. The number of hydroxylamine groups is 1. The van der Waals surface area contributed by atoms with Gasteiger partial charge in [0.25, 0.3) is 5.56 Å². The van der Waals surface area contributed by atoms with Gasteiger partial charge in [-0.3, -0.25) is 9.78 Å².